The number of esters is 2. The first-order valence-electron chi connectivity index (χ1n) is 21.6. The lowest BCUT2D eigenvalue weighted by molar-refractivity contribution is -0.870. The third-order valence-electron chi connectivity index (χ3n) is 8.71. The molecule has 0 bridgehead atoms. The van der Waals surface area contributed by atoms with Gasteiger partial charge >= 0.3 is 11.9 Å². The Morgan fingerprint density at radius 3 is 1.59 bits per heavy atom. The highest BCUT2D eigenvalue weighted by Crippen LogP contribution is 2.38. The normalized spacial score (nSPS) is 14.3. The molecule has 56 heavy (non-hydrogen) atoms. The van der Waals surface area contributed by atoms with Crippen LogP contribution in [0.1, 0.15) is 155 Å². The standard InChI is InChI=1S/C46H80NO8P/c1-6-8-10-12-14-16-18-20-22-23-25-27-29-31-33-35-37-39-46(49)55-44(43-54-56(50,51)53-41-40-47(3,4)5)42-52-45(48)38-36-34-32-30-28-26-24-21-19-17-15-13-11-9-7-2/h8,10,14,16,20-22,24-25,27,31,33,44H,6-7,9,11-13,15,17-19,23,26,28-30,32,34-43H2,1-5H3/b10-8+,16-14+,22-20+,24-21+,27-25+,33-31+/t44-/m1/s1. The van der Waals surface area contributed by atoms with Crippen molar-refractivity contribution in [3.63, 3.8) is 0 Å². The van der Waals surface area contributed by atoms with E-state index in [0.717, 1.165) is 64.2 Å². The van der Waals surface area contributed by atoms with Crippen LogP contribution in [0.3, 0.4) is 0 Å². The first-order chi connectivity index (χ1) is 27.0. The van der Waals surface area contributed by atoms with E-state index in [-0.39, 0.29) is 26.1 Å². The summed E-state index contributed by atoms with van der Waals surface area (Å²) in [5.74, 6) is -0.919. The second-order valence-electron chi connectivity index (χ2n) is 15.3. The molecule has 0 N–H and O–H groups in total. The lowest BCUT2D eigenvalue weighted by atomic mass is 10.1. The van der Waals surface area contributed by atoms with Crippen molar-refractivity contribution in [2.75, 3.05) is 47.5 Å². The van der Waals surface area contributed by atoms with Gasteiger partial charge in [-0.05, 0) is 77.0 Å². The summed E-state index contributed by atoms with van der Waals surface area (Å²) in [4.78, 5) is 37.5. The summed E-state index contributed by atoms with van der Waals surface area (Å²) in [7, 11) is 1.11. The molecule has 2 atom stereocenters. The second-order valence-corrected chi connectivity index (χ2v) is 16.7. The topological polar surface area (TPSA) is 111 Å². The molecule has 0 saturated heterocycles. The van der Waals surface area contributed by atoms with Crippen molar-refractivity contribution in [1.82, 2.24) is 0 Å². The van der Waals surface area contributed by atoms with Crippen LogP contribution < -0.4 is 4.89 Å². The highest BCUT2D eigenvalue weighted by molar-refractivity contribution is 7.45. The zero-order valence-corrected chi connectivity index (χ0v) is 36.9. The molecule has 0 aliphatic rings. The van der Waals surface area contributed by atoms with Gasteiger partial charge in [0, 0.05) is 12.8 Å². The molecule has 1 unspecified atom stereocenters. The van der Waals surface area contributed by atoms with Crippen molar-refractivity contribution in [3.8, 4) is 0 Å². The van der Waals surface area contributed by atoms with Crippen LogP contribution >= 0.6 is 7.82 Å². The maximum atomic E-state index is 12.6. The third kappa shape index (κ3) is 41.1. The largest absolute Gasteiger partial charge is 0.756 e. The third-order valence-corrected chi connectivity index (χ3v) is 9.67. The van der Waals surface area contributed by atoms with Crippen LogP contribution in [0.15, 0.2) is 72.9 Å². The van der Waals surface area contributed by atoms with Gasteiger partial charge in [0.05, 0.1) is 27.7 Å². The number of carbonyl (C=O) groups excluding carboxylic acids is 2. The van der Waals surface area contributed by atoms with Gasteiger partial charge in [-0.25, -0.2) is 0 Å². The summed E-state index contributed by atoms with van der Waals surface area (Å²) in [6, 6.07) is 0. The maximum Gasteiger partial charge on any atom is 0.306 e. The molecule has 0 radical (unpaired) electrons. The minimum absolute atomic E-state index is 0.0462. The van der Waals surface area contributed by atoms with E-state index in [0.29, 0.717) is 30.3 Å². The van der Waals surface area contributed by atoms with Gasteiger partial charge in [-0.1, -0.05) is 138 Å². The van der Waals surface area contributed by atoms with Gasteiger partial charge in [0.15, 0.2) is 6.10 Å². The number of quaternary nitrogens is 1. The second kappa shape index (κ2) is 38.0. The van der Waals surface area contributed by atoms with E-state index >= 15 is 0 Å². The Labute approximate surface area is 342 Å². The molecule has 0 aromatic heterocycles. The van der Waals surface area contributed by atoms with Crippen LogP contribution in [0, 0.1) is 0 Å². The number of carbonyl (C=O) groups is 2. The van der Waals surface area contributed by atoms with Gasteiger partial charge in [0.1, 0.15) is 19.8 Å². The highest BCUT2D eigenvalue weighted by Gasteiger charge is 2.21. The monoisotopic (exact) mass is 806 g/mol. The van der Waals surface area contributed by atoms with Crippen molar-refractivity contribution >= 4 is 19.8 Å². The fraction of sp³-hybridized carbons (Fsp3) is 0.696. The molecule has 0 fully saturated rings. The number of hydrogen-bond donors (Lipinski definition) is 0. The van der Waals surface area contributed by atoms with E-state index in [1.165, 1.54) is 44.9 Å². The quantitative estimate of drug-likeness (QED) is 0.0199. The van der Waals surface area contributed by atoms with Crippen molar-refractivity contribution in [1.29, 1.82) is 0 Å². The Kier molecular flexibility index (Phi) is 36.3. The average molecular weight is 806 g/mol. The predicted molar refractivity (Wildman–Crippen MR) is 231 cm³/mol. The summed E-state index contributed by atoms with van der Waals surface area (Å²) >= 11 is 0. The molecular formula is C46H80NO8P. The lowest BCUT2D eigenvalue weighted by Gasteiger charge is -2.28. The highest BCUT2D eigenvalue weighted by atomic mass is 31.2. The molecule has 0 aliphatic heterocycles. The van der Waals surface area contributed by atoms with Crippen LogP contribution in [-0.4, -0.2) is 70.0 Å². The minimum atomic E-state index is -4.64. The number of nitrogens with zero attached hydrogens (tertiary/aromatic N) is 1. The summed E-state index contributed by atoms with van der Waals surface area (Å²) in [5, 5.41) is 0. The number of hydrogen-bond acceptors (Lipinski definition) is 8. The Bertz CT molecular complexity index is 1180. The summed E-state index contributed by atoms with van der Waals surface area (Å²) in [5.41, 5.74) is 0. The number of phosphoric ester groups is 1. The molecule has 0 heterocycles. The molecule has 0 aromatic rings. The van der Waals surface area contributed by atoms with E-state index in [4.69, 9.17) is 18.5 Å². The molecule has 0 rings (SSSR count). The van der Waals surface area contributed by atoms with Gasteiger partial charge < -0.3 is 27.9 Å². The van der Waals surface area contributed by atoms with E-state index in [1.54, 1.807) is 0 Å². The first kappa shape index (κ1) is 53.5. The Morgan fingerprint density at radius 2 is 1.04 bits per heavy atom. The maximum absolute atomic E-state index is 12.6. The summed E-state index contributed by atoms with van der Waals surface area (Å²) in [6.07, 6.45) is 46.5. The Morgan fingerprint density at radius 1 is 0.571 bits per heavy atom. The fourth-order valence-corrected chi connectivity index (χ4v) is 6.06. The number of unbranched alkanes of at least 4 members (excludes halogenated alkanes) is 12. The van der Waals surface area contributed by atoms with Gasteiger partial charge in [-0.2, -0.15) is 0 Å². The van der Waals surface area contributed by atoms with Crippen molar-refractivity contribution in [2.24, 2.45) is 0 Å². The van der Waals surface area contributed by atoms with Crippen molar-refractivity contribution < 1.29 is 42.1 Å². The van der Waals surface area contributed by atoms with E-state index in [2.05, 4.69) is 80.7 Å². The molecule has 0 amide bonds. The molecule has 9 nitrogen and oxygen atoms in total. The summed E-state index contributed by atoms with van der Waals surface area (Å²) < 4.78 is 33.8. The summed E-state index contributed by atoms with van der Waals surface area (Å²) in [6.45, 7) is 4.01. The minimum Gasteiger partial charge on any atom is -0.756 e. The molecule has 0 spiro atoms. The van der Waals surface area contributed by atoms with Crippen LogP contribution in [0.2, 0.25) is 0 Å². The smallest absolute Gasteiger partial charge is 0.306 e. The van der Waals surface area contributed by atoms with Gasteiger partial charge in [0.25, 0.3) is 7.82 Å². The zero-order chi connectivity index (χ0) is 41.4. The Hall–Kier alpha value is -2.55. The van der Waals surface area contributed by atoms with Gasteiger partial charge in [-0.3, -0.25) is 14.2 Å². The van der Waals surface area contributed by atoms with Crippen molar-refractivity contribution in [3.05, 3.63) is 72.9 Å². The number of likely N-dealkylation sites (N-methyl/N-ethyl adjacent to an activating group) is 1. The Balaban J connectivity index is 4.50. The zero-order valence-electron chi connectivity index (χ0n) is 36.1. The van der Waals surface area contributed by atoms with Crippen LogP contribution in [-0.2, 0) is 32.7 Å². The number of rotatable bonds is 38. The molecule has 10 heteroatoms. The lowest BCUT2D eigenvalue weighted by Crippen LogP contribution is -2.37. The molecule has 322 valence electrons. The van der Waals surface area contributed by atoms with Crippen molar-refractivity contribution in [2.45, 2.75) is 161 Å². The fourth-order valence-electron chi connectivity index (χ4n) is 5.33. The van der Waals surface area contributed by atoms with E-state index < -0.39 is 32.5 Å². The molecule has 0 aliphatic carbocycles. The SMILES string of the molecule is CC/C=C/C/C=C/C/C=C/C/C=C/C/C=C/CCCC(=O)O[C@H](COC(=O)CCCCCCC/C=C/CCCCCCCC)COP(=O)([O-])OCC[N+](C)(C)C. The molecule has 0 aromatic carbocycles. The first-order valence-corrected chi connectivity index (χ1v) is 23.1. The van der Waals surface area contributed by atoms with Gasteiger partial charge in [0.2, 0.25) is 0 Å². The van der Waals surface area contributed by atoms with E-state index in [1.807, 2.05) is 27.2 Å². The predicted octanol–water partition coefficient (Wildman–Crippen LogP) is 11.6. The molecule has 0 saturated carbocycles. The molecular weight excluding hydrogens is 725 g/mol. The van der Waals surface area contributed by atoms with E-state index in [9.17, 15) is 19.0 Å². The van der Waals surface area contributed by atoms with Crippen LogP contribution in [0.4, 0.5) is 0 Å². The average Bonchev–Trinajstić information content (AvgIpc) is 3.15. The van der Waals surface area contributed by atoms with Crippen LogP contribution in [0.5, 0.6) is 0 Å². The van der Waals surface area contributed by atoms with Gasteiger partial charge in [-0.15, -0.1) is 0 Å². The number of phosphoric acid groups is 1. The number of allylic oxidation sites excluding steroid dienone is 12. The number of ether oxygens (including phenoxy) is 2. The van der Waals surface area contributed by atoms with Crippen LogP contribution in [0.25, 0.3) is 0 Å².